The quantitative estimate of drug-likeness (QED) is 0.482. The Morgan fingerprint density at radius 2 is 2.00 bits per heavy atom. The largest absolute Gasteiger partial charge is 0.469 e. The minimum absolute atomic E-state index is 0.321. The third-order valence-electron chi connectivity index (χ3n) is 2.71. The molecule has 0 aromatic heterocycles. The number of rotatable bonds is 2. The summed E-state index contributed by atoms with van der Waals surface area (Å²) in [5.41, 5.74) is 0. The highest BCUT2D eigenvalue weighted by molar-refractivity contribution is 5.72. The fourth-order valence-electron chi connectivity index (χ4n) is 1.96. The normalized spacial score (nSPS) is 28.9. The van der Waals surface area contributed by atoms with Crippen molar-refractivity contribution in [1.29, 1.82) is 0 Å². The molecule has 2 N–H and O–H groups in total. The molecule has 0 heterocycles. The van der Waals surface area contributed by atoms with Gasteiger partial charge in [0.15, 0.2) is 6.29 Å². The summed E-state index contributed by atoms with van der Waals surface area (Å²) < 4.78 is 4.61. The Morgan fingerprint density at radius 3 is 2.54 bits per heavy atom. The molecule has 4 heteroatoms. The second-order valence-electron chi connectivity index (χ2n) is 3.49. The van der Waals surface area contributed by atoms with Gasteiger partial charge < -0.3 is 14.9 Å². The molecule has 2 atom stereocenters. The van der Waals surface area contributed by atoms with E-state index in [1.165, 1.54) is 7.11 Å². The highest BCUT2D eigenvalue weighted by Crippen LogP contribution is 2.32. The first-order valence-electron chi connectivity index (χ1n) is 4.60. The monoisotopic (exact) mass is 188 g/mol. The van der Waals surface area contributed by atoms with Crippen LogP contribution in [0.4, 0.5) is 0 Å². The van der Waals surface area contributed by atoms with Crippen LogP contribution in [-0.2, 0) is 9.53 Å². The number of carbonyl (C=O) groups excluding carboxylic acids is 1. The first kappa shape index (κ1) is 10.5. The number of methoxy groups -OCH3 is 1. The smallest absolute Gasteiger partial charge is 0.309 e. The molecule has 4 nitrogen and oxygen atoms in total. The summed E-state index contributed by atoms with van der Waals surface area (Å²) in [5, 5.41) is 18.1. The van der Waals surface area contributed by atoms with E-state index in [0.29, 0.717) is 12.8 Å². The van der Waals surface area contributed by atoms with Crippen molar-refractivity contribution >= 4 is 5.97 Å². The fraction of sp³-hybridized carbons (Fsp3) is 0.889. The summed E-state index contributed by atoms with van der Waals surface area (Å²) in [6.45, 7) is 0. The highest BCUT2D eigenvalue weighted by atomic mass is 16.5. The van der Waals surface area contributed by atoms with E-state index in [2.05, 4.69) is 4.74 Å². The summed E-state index contributed by atoms with van der Waals surface area (Å²) in [7, 11) is 1.33. The van der Waals surface area contributed by atoms with Crippen molar-refractivity contribution < 1.29 is 19.7 Å². The van der Waals surface area contributed by atoms with Crippen molar-refractivity contribution in [3.8, 4) is 0 Å². The number of hydrogen-bond acceptors (Lipinski definition) is 4. The summed E-state index contributed by atoms with van der Waals surface area (Å²) in [4.78, 5) is 11.2. The van der Waals surface area contributed by atoms with Crippen molar-refractivity contribution in [1.82, 2.24) is 0 Å². The van der Waals surface area contributed by atoms with Gasteiger partial charge in [0.2, 0.25) is 0 Å². The second kappa shape index (κ2) is 4.58. The Morgan fingerprint density at radius 1 is 1.38 bits per heavy atom. The van der Waals surface area contributed by atoms with Gasteiger partial charge in [0.05, 0.1) is 13.0 Å². The lowest BCUT2D eigenvalue weighted by molar-refractivity contribution is -0.161. The number of ether oxygens (including phenoxy) is 1. The molecule has 1 rings (SSSR count). The molecule has 0 amide bonds. The molecule has 1 fully saturated rings. The van der Waals surface area contributed by atoms with E-state index in [1.807, 2.05) is 0 Å². The van der Waals surface area contributed by atoms with Gasteiger partial charge in [-0.2, -0.15) is 0 Å². The van der Waals surface area contributed by atoms with Gasteiger partial charge >= 0.3 is 5.97 Å². The number of aliphatic hydroxyl groups excluding tert-OH is 1. The number of esters is 1. The van der Waals surface area contributed by atoms with Gasteiger partial charge in [-0.05, 0) is 12.8 Å². The van der Waals surface area contributed by atoms with Crippen molar-refractivity contribution in [2.75, 3.05) is 7.11 Å². The SMILES string of the molecule is COC(=O)[C@H]1CCCC[C@H]1C(O)O. The van der Waals surface area contributed by atoms with Gasteiger partial charge in [0.1, 0.15) is 0 Å². The molecule has 0 saturated heterocycles. The average molecular weight is 188 g/mol. The van der Waals surface area contributed by atoms with Crippen LogP contribution in [-0.4, -0.2) is 29.6 Å². The molecule has 13 heavy (non-hydrogen) atoms. The summed E-state index contributed by atoms with van der Waals surface area (Å²) in [6.07, 6.45) is 1.91. The Labute approximate surface area is 77.5 Å². The van der Waals surface area contributed by atoms with Crippen LogP contribution in [0.5, 0.6) is 0 Å². The van der Waals surface area contributed by atoms with Crippen LogP contribution < -0.4 is 0 Å². The zero-order valence-electron chi connectivity index (χ0n) is 7.77. The Bertz CT molecular complexity index is 178. The topological polar surface area (TPSA) is 66.8 Å². The molecular weight excluding hydrogens is 172 g/mol. The summed E-state index contributed by atoms with van der Waals surface area (Å²) in [5.74, 6) is -1.00. The number of aliphatic hydroxyl groups is 2. The van der Waals surface area contributed by atoms with E-state index in [-0.39, 0.29) is 17.8 Å². The van der Waals surface area contributed by atoms with Gasteiger partial charge in [-0.25, -0.2) is 0 Å². The highest BCUT2D eigenvalue weighted by Gasteiger charge is 2.35. The van der Waals surface area contributed by atoms with E-state index >= 15 is 0 Å². The van der Waals surface area contributed by atoms with Crippen molar-refractivity contribution in [2.24, 2.45) is 11.8 Å². The third kappa shape index (κ3) is 2.42. The fourth-order valence-corrected chi connectivity index (χ4v) is 1.96. The van der Waals surface area contributed by atoms with Crippen LogP contribution in [0.3, 0.4) is 0 Å². The maximum atomic E-state index is 11.2. The maximum Gasteiger partial charge on any atom is 0.309 e. The van der Waals surface area contributed by atoms with Gasteiger partial charge in [0.25, 0.3) is 0 Å². The average Bonchev–Trinajstić information content (AvgIpc) is 2.16. The second-order valence-corrected chi connectivity index (χ2v) is 3.49. The van der Waals surface area contributed by atoms with E-state index in [4.69, 9.17) is 10.2 Å². The van der Waals surface area contributed by atoms with Gasteiger partial charge in [-0.15, -0.1) is 0 Å². The molecule has 1 saturated carbocycles. The molecule has 76 valence electrons. The summed E-state index contributed by atoms with van der Waals surface area (Å²) >= 11 is 0. The maximum absolute atomic E-state index is 11.2. The molecular formula is C9H16O4. The molecule has 0 unspecified atom stereocenters. The molecule has 0 radical (unpaired) electrons. The number of carbonyl (C=O) groups is 1. The Balaban J connectivity index is 2.61. The molecule has 0 spiro atoms. The van der Waals surface area contributed by atoms with Crippen LogP contribution in [0.25, 0.3) is 0 Å². The third-order valence-corrected chi connectivity index (χ3v) is 2.71. The number of hydrogen-bond donors (Lipinski definition) is 2. The Kier molecular flexibility index (Phi) is 3.69. The van der Waals surface area contributed by atoms with Crippen molar-refractivity contribution in [3.05, 3.63) is 0 Å². The zero-order chi connectivity index (χ0) is 9.84. The van der Waals surface area contributed by atoms with E-state index in [0.717, 1.165) is 12.8 Å². The van der Waals surface area contributed by atoms with Crippen LogP contribution in [0, 0.1) is 11.8 Å². The van der Waals surface area contributed by atoms with Crippen LogP contribution >= 0.6 is 0 Å². The minimum atomic E-state index is -1.40. The molecule has 0 aliphatic heterocycles. The van der Waals surface area contributed by atoms with Crippen molar-refractivity contribution in [2.45, 2.75) is 32.0 Å². The molecule has 0 aromatic rings. The van der Waals surface area contributed by atoms with E-state index in [1.54, 1.807) is 0 Å². The first-order chi connectivity index (χ1) is 6.16. The standard InChI is InChI=1S/C9H16O4/c1-13-9(12)7-5-3-2-4-6(7)8(10)11/h6-8,10-11H,2-5H2,1H3/t6-,7+/m1/s1. The first-order valence-corrected chi connectivity index (χ1v) is 4.60. The predicted molar refractivity (Wildman–Crippen MR) is 45.7 cm³/mol. The molecule has 1 aliphatic rings. The predicted octanol–water partition coefficient (Wildman–Crippen LogP) is 0.277. The van der Waals surface area contributed by atoms with Crippen LogP contribution in [0.2, 0.25) is 0 Å². The van der Waals surface area contributed by atoms with Crippen LogP contribution in [0.1, 0.15) is 25.7 Å². The lowest BCUT2D eigenvalue weighted by atomic mass is 9.79. The van der Waals surface area contributed by atoms with E-state index in [9.17, 15) is 4.79 Å². The Hall–Kier alpha value is -0.610. The van der Waals surface area contributed by atoms with E-state index < -0.39 is 6.29 Å². The lowest BCUT2D eigenvalue weighted by Crippen LogP contribution is -2.35. The van der Waals surface area contributed by atoms with Crippen molar-refractivity contribution in [3.63, 3.8) is 0 Å². The zero-order valence-corrected chi connectivity index (χ0v) is 7.77. The molecule has 0 aromatic carbocycles. The summed E-state index contributed by atoms with van der Waals surface area (Å²) in [6, 6.07) is 0. The van der Waals surface area contributed by atoms with Gasteiger partial charge in [-0.3, -0.25) is 4.79 Å². The molecule has 1 aliphatic carbocycles. The molecule has 0 bridgehead atoms. The van der Waals surface area contributed by atoms with Gasteiger partial charge in [0, 0.05) is 5.92 Å². The minimum Gasteiger partial charge on any atom is -0.469 e. The van der Waals surface area contributed by atoms with Crippen LogP contribution in [0.15, 0.2) is 0 Å². The van der Waals surface area contributed by atoms with Gasteiger partial charge in [-0.1, -0.05) is 12.8 Å². The lowest BCUT2D eigenvalue weighted by Gasteiger charge is -2.30.